The minimum atomic E-state index is -0.746. The van der Waals surface area contributed by atoms with Gasteiger partial charge in [0.15, 0.2) is 0 Å². The topological polar surface area (TPSA) is 73.1 Å². The highest BCUT2D eigenvalue weighted by Gasteiger charge is 2.18. The molecular formula is C14H18N2O2. The molecule has 0 spiro atoms. The number of aliphatic hydroxyl groups excluding tert-OH is 1. The van der Waals surface area contributed by atoms with Crippen molar-refractivity contribution < 1.29 is 9.90 Å². The van der Waals surface area contributed by atoms with Crippen LogP contribution in [0, 0.1) is 11.3 Å². The van der Waals surface area contributed by atoms with E-state index in [9.17, 15) is 4.79 Å². The van der Waals surface area contributed by atoms with Crippen molar-refractivity contribution in [3.63, 3.8) is 0 Å². The lowest BCUT2D eigenvalue weighted by Gasteiger charge is -2.10. The number of hydrogen-bond acceptors (Lipinski definition) is 3. The number of nitrogens with one attached hydrogen (secondary N) is 1. The first kappa shape index (κ1) is 14.2. The van der Waals surface area contributed by atoms with Gasteiger partial charge in [0.2, 0.25) is 5.91 Å². The maximum Gasteiger partial charge on any atom is 0.241 e. The first-order chi connectivity index (χ1) is 8.79. The van der Waals surface area contributed by atoms with E-state index in [1.807, 2.05) is 24.3 Å². The number of carbonyl (C=O) groups is 1. The van der Waals surface area contributed by atoms with Gasteiger partial charge in [-0.3, -0.25) is 4.79 Å². The van der Waals surface area contributed by atoms with E-state index in [1.165, 1.54) is 0 Å². The number of benzene rings is 1. The van der Waals surface area contributed by atoms with Crippen molar-refractivity contribution in [2.75, 3.05) is 13.2 Å². The predicted molar refractivity (Wildman–Crippen MR) is 68.7 cm³/mol. The molecule has 4 nitrogen and oxygen atoms in total. The molecule has 1 atom stereocenters. The Morgan fingerprint density at radius 2 is 2.00 bits per heavy atom. The molecule has 4 heteroatoms. The van der Waals surface area contributed by atoms with Gasteiger partial charge in [-0.15, -0.1) is 0 Å². The molecule has 0 saturated carbocycles. The average molecular weight is 246 g/mol. The lowest BCUT2D eigenvalue weighted by molar-refractivity contribution is -0.121. The molecule has 1 amide bonds. The first-order valence-electron chi connectivity index (χ1n) is 6.12. The monoisotopic (exact) mass is 246 g/mol. The lowest BCUT2D eigenvalue weighted by atomic mass is 10.00. The molecule has 0 aromatic heterocycles. The van der Waals surface area contributed by atoms with Gasteiger partial charge in [-0.05, 0) is 24.8 Å². The van der Waals surface area contributed by atoms with E-state index in [0.717, 1.165) is 19.3 Å². The summed E-state index contributed by atoms with van der Waals surface area (Å²) in [6, 6.07) is 11.1. The number of hydrogen-bond donors (Lipinski definition) is 2. The second-order valence-electron chi connectivity index (χ2n) is 4.05. The van der Waals surface area contributed by atoms with Crippen molar-refractivity contribution in [3.05, 3.63) is 35.9 Å². The predicted octanol–water partition coefficient (Wildman–Crippen LogP) is 1.57. The SMILES string of the molecule is N#CC(C(=O)NCCCCCO)c1ccccc1. The van der Waals surface area contributed by atoms with Crippen molar-refractivity contribution in [1.29, 1.82) is 5.26 Å². The maximum absolute atomic E-state index is 11.8. The largest absolute Gasteiger partial charge is 0.396 e. The molecule has 0 fully saturated rings. The minimum Gasteiger partial charge on any atom is -0.396 e. The van der Waals surface area contributed by atoms with Crippen LogP contribution >= 0.6 is 0 Å². The van der Waals surface area contributed by atoms with Crippen LogP contribution in [0.15, 0.2) is 30.3 Å². The second kappa shape index (κ2) is 8.26. The Balaban J connectivity index is 2.42. The summed E-state index contributed by atoms with van der Waals surface area (Å²) >= 11 is 0. The zero-order valence-electron chi connectivity index (χ0n) is 10.3. The molecule has 18 heavy (non-hydrogen) atoms. The van der Waals surface area contributed by atoms with E-state index in [4.69, 9.17) is 10.4 Å². The molecular weight excluding hydrogens is 228 g/mol. The normalized spacial score (nSPS) is 11.6. The summed E-state index contributed by atoms with van der Waals surface area (Å²) in [6.45, 7) is 0.725. The molecule has 96 valence electrons. The number of amides is 1. The molecule has 0 heterocycles. The zero-order chi connectivity index (χ0) is 13.2. The number of carbonyl (C=O) groups excluding carboxylic acids is 1. The van der Waals surface area contributed by atoms with Gasteiger partial charge in [-0.25, -0.2) is 0 Å². The Hall–Kier alpha value is -1.86. The number of nitrogens with zero attached hydrogens (tertiary/aromatic N) is 1. The highest BCUT2D eigenvalue weighted by atomic mass is 16.2. The molecule has 0 aliphatic rings. The fraction of sp³-hybridized carbons (Fsp3) is 0.429. The molecule has 1 rings (SSSR count). The highest BCUT2D eigenvalue weighted by Crippen LogP contribution is 2.14. The second-order valence-corrected chi connectivity index (χ2v) is 4.05. The Labute approximate surface area is 107 Å². The Morgan fingerprint density at radius 1 is 1.28 bits per heavy atom. The van der Waals surface area contributed by atoms with E-state index in [1.54, 1.807) is 12.1 Å². The molecule has 1 aromatic rings. The number of rotatable bonds is 7. The van der Waals surface area contributed by atoms with Gasteiger partial charge in [-0.2, -0.15) is 5.26 Å². The standard InChI is InChI=1S/C14H18N2O2/c15-11-13(12-7-3-1-4-8-12)14(18)16-9-5-2-6-10-17/h1,3-4,7-8,13,17H,2,5-6,9-10H2,(H,16,18). The van der Waals surface area contributed by atoms with Crippen LogP contribution in [0.2, 0.25) is 0 Å². The van der Waals surface area contributed by atoms with E-state index in [-0.39, 0.29) is 12.5 Å². The summed E-state index contributed by atoms with van der Waals surface area (Å²) in [7, 11) is 0. The van der Waals surface area contributed by atoms with Crippen molar-refractivity contribution in [1.82, 2.24) is 5.32 Å². The number of aliphatic hydroxyl groups is 1. The van der Waals surface area contributed by atoms with Gasteiger partial charge in [0.05, 0.1) is 6.07 Å². The van der Waals surface area contributed by atoms with E-state index >= 15 is 0 Å². The van der Waals surface area contributed by atoms with Gasteiger partial charge in [0.1, 0.15) is 5.92 Å². The van der Waals surface area contributed by atoms with Crippen LogP contribution in [0.25, 0.3) is 0 Å². The molecule has 0 aliphatic heterocycles. The van der Waals surface area contributed by atoms with Crippen LogP contribution in [-0.4, -0.2) is 24.2 Å². The van der Waals surface area contributed by atoms with Crippen LogP contribution in [0.3, 0.4) is 0 Å². The van der Waals surface area contributed by atoms with Crippen LogP contribution in [-0.2, 0) is 4.79 Å². The molecule has 1 unspecified atom stereocenters. The minimum absolute atomic E-state index is 0.179. The highest BCUT2D eigenvalue weighted by molar-refractivity contribution is 5.86. The summed E-state index contributed by atoms with van der Waals surface area (Å²) in [5, 5.41) is 20.4. The first-order valence-corrected chi connectivity index (χ1v) is 6.12. The van der Waals surface area contributed by atoms with Crippen molar-refractivity contribution in [3.8, 4) is 6.07 Å². The lowest BCUT2D eigenvalue weighted by Crippen LogP contribution is -2.29. The van der Waals surface area contributed by atoms with E-state index < -0.39 is 5.92 Å². The average Bonchev–Trinajstić information content (AvgIpc) is 2.40. The van der Waals surface area contributed by atoms with Gasteiger partial charge in [0.25, 0.3) is 0 Å². The third kappa shape index (κ3) is 4.56. The van der Waals surface area contributed by atoms with Crippen LogP contribution in [0.1, 0.15) is 30.7 Å². The van der Waals surface area contributed by atoms with E-state index in [2.05, 4.69) is 5.32 Å². The smallest absolute Gasteiger partial charge is 0.241 e. The third-order valence-corrected chi connectivity index (χ3v) is 2.66. The molecule has 2 N–H and O–H groups in total. The summed E-state index contributed by atoms with van der Waals surface area (Å²) in [6.07, 6.45) is 2.44. The molecule has 1 aromatic carbocycles. The molecule has 0 saturated heterocycles. The molecule has 0 aliphatic carbocycles. The fourth-order valence-corrected chi connectivity index (χ4v) is 1.66. The summed E-state index contributed by atoms with van der Waals surface area (Å²) in [5.74, 6) is -1.00. The Kier molecular flexibility index (Phi) is 6.52. The Bertz CT molecular complexity index is 398. The van der Waals surface area contributed by atoms with Gasteiger partial charge in [-0.1, -0.05) is 30.3 Å². The van der Waals surface area contributed by atoms with Crippen molar-refractivity contribution in [2.24, 2.45) is 0 Å². The molecule has 0 radical (unpaired) electrons. The fourth-order valence-electron chi connectivity index (χ4n) is 1.66. The third-order valence-electron chi connectivity index (χ3n) is 2.66. The van der Waals surface area contributed by atoms with Gasteiger partial charge < -0.3 is 10.4 Å². The van der Waals surface area contributed by atoms with Crippen molar-refractivity contribution in [2.45, 2.75) is 25.2 Å². The zero-order valence-corrected chi connectivity index (χ0v) is 10.3. The van der Waals surface area contributed by atoms with Gasteiger partial charge in [0, 0.05) is 13.2 Å². The van der Waals surface area contributed by atoms with Crippen LogP contribution < -0.4 is 5.32 Å². The maximum atomic E-state index is 11.8. The van der Waals surface area contributed by atoms with Crippen LogP contribution in [0.4, 0.5) is 0 Å². The molecule has 0 bridgehead atoms. The Morgan fingerprint density at radius 3 is 2.61 bits per heavy atom. The number of nitriles is 1. The number of unbranched alkanes of at least 4 members (excludes halogenated alkanes) is 2. The summed E-state index contributed by atoms with van der Waals surface area (Å²) < 4.78 is 0. The summed E-state index contributed by atoms with van der Waals surface area (Å²) in [4.78, 5) is 11.8. The van der Waals surface area contributed by atoms with Gasteiger partial charge >= 0.3 is 0 Å². The van der Waals surface area contributed by atoms with E-state index in [0.29, 0.717) is 12.1 Å². The van der Waals surface area contributed by atoms with Crippen LogP contribution in [0.5, 0.6) is 0 Å². The summed E-state index contributed by atoms with van der Waals surface area (Å²) in [5.41, 5.74) is 0.716. The van der Waals surface area contributed by atoms with Crippen molar-refractivity contribution >= 4 is 5.91 Å². The quantitative estimate of drug-likeness (QED) is 0.717.